The number of fused-ring (bicyclic) bond motifs is 1. The molecule has 1 aliphatic heterocycles. The van der Waals surface area contributed by atoms with Crippen molar-refractivity contribution in [2.75, 3.05) is 24.8 Å². The summed E-state index contributed by atoms with van der Waals surface area (Å²) < 4.78 is 12.7. The number of ether oxygens (including phenoxy) is 2. The Balaban J connectivity index is 1.80. The second-order valence-corrected chi connectivity index (χ2v) is 8.54. The van der Waals surface area contributed by atoms with Gasteiger partial charge in [0.2, 0.25) is 5.91 Å². The first-order chi connectivity index (χ1) is 15.4. The molecule has 0 saturated carbocycles. The number of benzene rings is 2. The van der Waals surface area contributed by atoms with Gasteiger partial charge in [0.15, 0.2) is 18.1 Å². The summed E-state index contributed by atoms with van der Waals surface area (Å²) >= 11 is 1.52. The third-order valence-electron chi connectivity index (χ3n) is 5.21. The predicted octanol–water partition coefficient (Wildman–Crippen LogP) is 3.14. The number of hydrogen-bond donors (Lipinski definition) is 2. The standard InChI is InChI=1S/C23H24N4O4S/c1-13-6-4-5-7-16(13)27-23-21(14(2)26-27)22(32-12-20(29)25-23)15-8-9-17(18(10-15)30-3)31-11-19(24)28/h4-10,22H,11-12H2,1-3H3,(H2,24,28)(H,25,29)/t22-/m0/s1. The van der Waals surface area contributed by atoms with Gasteiger partial charge in [0.1, 0.15) is 5.82 Å². The summed E-state index contributed by atoms with van der Waals surface area (Å²) in [5.74, 6) is 1.24. The van der Waals surface area contributed by atoms with Crippen LogP contribution in [0.15, 0.2) is 42.5 Å². The van der Waals surface area contributed by atoms with Crippen LogP contribution in [0.1, 0.15) is 27.6 Å². The van der Waals surface area contributed by atoms with Crippen LogP contribution in [0.2, 0.25) is 0 Å². The van der Waals surface area contributed by atoms with E-state index >= 15 is 0 Å². The van der Waals surface area contributed by atoms with Gasteiger partial charge in [0.05, 0.1) is 29.5 Å². The zero-order valence-corrected chi connectivity index (χ0v) is 18.9. The second-order valence-electron chi connectivity index (χ2n) is 7.45. The Morgan fingerprint density at radius 1 is 1.25 bits per heavy atom. The Labute approximate surface area is 190 Å². The average Bonchev–Trinajstić information content (AvgIpc) is 2.97. The average molecular weight is 453 g/mol. The predicted molar refractivity (Wildman–Crippen MR) is 124 cm³/mol. The molecule has 1 aliphatic rings. The highest BCUT2D eigenvalue weighted by molar-refractivity contribution is 8.00. The highest BCUT2D eigenvalue weighted by Gasteiger charge is 2.31. The molecule has 2 heterocycles. The summed E-state index contributed by atoms with van der Waals surface area (Å²) in [6.07, 6.45) is 0. The lowest BCUT2D eigenvalue weighted by Gasteiger charge is -2.18. The lowest BCUT2D eigenvalue weighted by atomic mass is 10.0. The van der Waals surface area contributed by atoms with Crippen LogP contribution in [0.25, 0.3) is 5.69 Å². The minimum absolute atomic E-state index is 0.0816. The molecule has 166 valence electrons. The summed E-state index contributed by atoms with van der Waals surface area (Å²) in [5.41, 5.74) is 9.85. The topological polar surface area (TPSA) is 108 Å². The molecule has 0 saturated heterocycles. The number of para-hydroxylation sites is 1. The molecule has 0 aliphatic carbocycles. The number of aromatic nitrogens is 2. The SMILES string of the molecule is COc1cc([C@@H]2SCC(=O)Nc3c2c(C)nn3-c2ccccc2C)ccc1OCC(N)=O. The molecular weight excluding hydrogens is 428 g/mol. The van der Waals surface area contributed by atoms with E-state index in [1.807, 2.05) is 50.2 Å². The van der Waals surface area contributed by atoms with Crippen molar-refractivity contribution in [3.63, 3.8) is 0 Å². The van der Waals surface area contributed by atoms with E-state index in [0.29, 0.717) is 23.1 Å². The summed E-state index contributed by atoms with van der Waals surface area (Å²) in [7, 11) is 1.54. The molecule has 1 atom stereocenters. The third-order valence-corrected chi connectivity index (χ3v) is 6.48. The fourth-order valence-electron chi connectivity index (χ4n) is 3.74. The summed E-state index contributed by atoms with van der Waals surface area (Å²) in [4.78, 5) is 23.6. The second kappa shape index (κ2) is 8.96. The maximum absolute atomic E-state index is 12.6. The number of thioether (sulfide) groups is 1. The number of methoxy groups -OCH3 is 1. The highest BCUT2D eigenvalue weighted by atomic mass is 32.2. The number of rotatable bonds is 6. The van der Waals surface area contributed by atoms with Gasteiger partial charge in [-0.1, -0.05) is 24.3 Å². The summed E-state index contributed by atoms with van der Waals surface area (Å²) in [5, 5.41) is 7.66. The van der Waals surface area contributed by atoms with Crippen LogP contribution < -0.4 is 20.5 Å². The zero-order chi connectivity index (χ0) is 22.8. The van der Waals surface area contributed by atoms with Crippen molar-refractivity contribution in [2.24, 2.45) is 5.73 Å². The molecule has 0 fully saturated rings. The number of hydrogen-bond acceptors (Lipinski definition) is 6. The molecule has 0 bridgehead atoms. The van der Waals surface area contributed by atoms with E-state index in [0.717, 1.165) is 28.1 Å². The maximum atomic E-state index is 12.6. The Kier molecular flexibility index (Phi) is 6.09. The largest absolute Gasteiger partial charge is 0.493 e. The van der Waals surface area contributed by atoms with Crippen LogP contribution in [0.4, 0.5) is 5.82 Å². The van der Waals surface area contributed by atoms with Crippen LogP contribution in [-0.4, -0.2) is 41.1 Å². The summed E-state index contributed by atoms with van der Waals surface area (Å²) in [6.45, 7) is 3.72. The van der Waals surface area contributed by atoms with E-state index in [4.69, 9.17) is 20.3 Å². The molecule has 3 N–H and O–H groups in total. The number of amides is 2. The van der Waals surface area contributed by atoms with Crippen molar-refractivity contribution in [3.05, 3.63) is 64.8 Å². The van der Waals surface area contributed by atoms with Gasteiger partial charge in [-0.15, -0.1) is 11.8 Å². The normalized spacial score (nSPS) is 15.5. The van der Waals surface area contributed by atoms with Gasteiger partial charge < -0.3 is 20.5 Å². The van der Waals surface area contributed by atoms with Gasteiger partial charge >= 0.3 is 0 Å². The van der Waals surface area contributed by atoms with Gasteiger partial charge in [-0.05, 0) is 43.2 Å². The molecule has 4 rings (SSSR count). The van der Waals surface area contributed by atoms with Crippen molar-refractivity contribution >= 4 is 29.4 Å². The van der Waals surface area contributed by atoms with E-state index in [9.17, 15) is 9.59 Å². The number of anilines is 1. The Morgan fingerprint density at radius 2 is 2.03 bits per heavy atom. The van der Waals surface area contributed by atoms with Crippen LogP contribution in [-0.2, 0) is 9.59 Å². The van der Waals surface area contributed by atoms with Gasteiger partial charge in [0, 0.05) is 5.56 Å². The van der Waals surface area contributed by atoms with Crippen LogP contribution in [0.3, 0.4) is 0 Å². The van der Waals surface area contributed by atoms with Crippen molar-refractivity contribution in [1.82, 2.24) is 9.78 Å². The molecule has 0 unspecified atom stereocenters. The van der Waals surface area contributed by atoms with Crippen LogP contribution in [0, 0.1) is 13.8 Å². The van der Waals surface area contributed by atoms with Gasteiger partial charge in [-0.3, -0.25) is 9.59 Å². The molecule has 0 radical (unpaired) electrons. The minimum atomic E-state index is -0.566. The smallest absolute Gasteiger partial charge is 0.255 e. The molecule has 0 spiro atoms. The quantitative estimate of drug-likeness (QED) is 0.595. The highest BCUT2D eigenvalue weighted by Crippen LogP contribution is 2.45. The number of aryl methyl sites for hydroxylation is 2. The Hall–Kier alpha value is -3.46. The molecule has 1 aromatic heterocycles. The van der Waals surface area contributed by atoms with E-state index in [1.165, 1.54) is 18.9 Å². The lowest BCUT2D eigenvalue weighted by molar-refractivity contribution is -0.120. The first kappa shape index (κ1) is 21.8. The number of primary amides is 1. The van der Waals surface area contributed by atoms with Crippen molar-refractivity contribution < 1.29 is 19.1 Å². The van der Waals surface area contributed by atoms with Crippen LogP contribution in [0.5, 0.6) is 11.5 Å². The Bertz CT molecular complexity index is 1190. The number of nitrogens with zero attached hydrogens (tertiary/aromatic N) is 2. The molecular formula is C23H24N4O4S. The van der Waals surface area contributed by atoms with E-state index in [-0.39, 0.29) is 17.8 Å². The lowest BCUT2D eigenvalue weighted by Crippen LogP contribution is -2.20. The van der Waals surface area contributed by atoms with Gasteiger partial charge in [-0.2, -0.15) is 5.10 Å². The summed E-state index contributed by atoms with van der Waals surface area (Å²) in [6, 6.07) is 13.4. The fraction of sp³-hybridized carbons (Fsp3) is 0.261. The van der Waals surface area contributed by atoms with Crippen molar-refractivity contribution in [2.45, 2.75) is 19.1 Å². The first-order valence-corrected chi connectivity index (χ1v) is 11.1. The molecule has 3 aromatic rings. The van der Waals surface area contributed by atoms with E-state index < -0.39 is 5.91 Å². The van der Waals surface area contributed by atoms with E-state index in [2.05, 4.69) is 5.32 Å². The fourth-order valence-corrected chi connectivity index (χ4v) is 4.92. The molecule has 32 heavy (non-hydrogen) atoms. The maximum Gasteiger partial charge on any atom is 0.255 e. The molecule has 8 nitrogen and oxygen atoms in total. The number of nitrogens with two attached hydrogens (primary N) is 1. The Morgan fingerprint density at radius 3 is 2.75 bits per heavy atom. The number of carbonyl (C=O) groups is 2. The number of carbonyl (C=O) groups excluding carboxylic acids is 2. The van der Waals surface area contributed by atoms with Gasteiger partial charge in [-0.25, -0.2) is 4.68 Å². The number of nitrogens with one attached hydrogen (secondary N) is 1. The molecule has 2 amide bonds. The van der Waals surface area contributed by atoms with Crippen LogP contribution >= 0.6 is 11.8 Å². The monoisotopic (exact) mass is 452 g/mol. The minimum Gasteiger partial charge on any atom is -0.493 e. The van der Waals surface area contributed by atoms with Crippen molar-refractivity contribution in [1.29, 1.82) is 0 Å². The third kappa shape index (κ3) is 4.16. The van der Waals surface area contributed by atoms with E-state index in [1.54, 1.807) is 10.7 Å². The van der Waals surface area contributed by atoms with Gasteiger partial charge in [0.25, 0.3) is 5.91 Å². The van der Waals surface area contributed by atoms with Crippen molar-refractivity contribution in [3.8, 4) is 17.2 Å². The first-order valence-electron chi connectivity index (χ1n) is 10.0. The molecule has 2 aromatic carbocycles. The zero-order valence-electron chi connectivity index (χ0n) is 18.0. The molecule has 9 heteroatoms.